The number of carbonyl (C=O) groups excluding carboxylic acids is 1. The number of hydrogen-bond acceptors (Lipinski definition) is 4. The Labute approximate surface area is 137 Å². The van der Waals surface area contributed by atoms with Crippen LogP contribution in [0, 0.1) is 5.92 Å². The minimum Gasteiger partial charge on any atom is -0.496 e. The highest BCUT2D eigenvalue weighted by molar-refractivity contribution is 5.94. The molecule has 0 aliphatic heterocycles. The molecule has 3 heterocycles. The van der Waals surface area contributed by atoms with Crippen LogP contribution in [0.25, 0.3) is 16.8 Å². The number of carbonyl (C=O) groups is 1. The quantitative estimate of drug-likeness (QED) is 0.800. The summed E-state index contributed by atoms with van der Waals surface area (Å²) in [5.41, 5.74) is 2.46. The molecule has 0 bridgehead atoms. The van der Waals surface area contributed by atoms with Crippen LogP contribution < -0.4 is 10.1 Å². The Balaban J connectivity index is 1.65. The van der Waals surface area contributed by atoms with Gasteiger partial charge in [0.1, 0.15) is 17.6 Å². The summed E-state index contributed by atoms with van der Waals surface area (Å²) >= 11 is 0. The van der Waals surface area contributed by atoms with E-state index in [4.69, 9.17) is 4.74 Å². The fourth-order valence-corrected chi connectivity index (χ4v) is 2.64. The molecule has 0 radical (unpaired) electrons. The number of hydrogen-bond donors (Lipinski definition) is 1. The van der Waals surface area contributed by atoms with Crippen LogP contribution in [0.4, 0.5) is 10.2 Å². The first kappa shape index (κ1) is 14.6. The van der Waals surface area contributed by atoms with Gasteiger partial charge in [0.2, 0.25) is 5.91 Å². The van der Waals surface area contributed by atoms with E-state index < -0.39 is 12.1 Å². The molecule has 122 valence electrons. The van der Waals surface area contributed by atoms with E-state index in [1.807, 2.05) is 18.3 Å². The summed E-state index contributed by atoms with van der Waals surface area (Å²) in [7, 11) is 1.61. The number of fused-ring (bicyclic) bond motifs is 1. The molecule has 24 heavy (non-hydrogen) atoms. The largest absolute Gasteiger partial charge is 0.496 e. The minimum absolute atomic E-state index is 0.296. The highest BCUT2D eigenvalue weighted by atomic mass is 19.1. The summed E-state index contributed by atoms with van der Waals surface area (Å²) in [4.78, 5) is 20.3. The SMILES string of the molecule is COc1ccncc1-c1ccc2nc(NC(=O)[C@@H]3C[C@@H]3F)cn2c1. The standard InChI is InChI=1S/C17H15FN4O2/c1-24-14-4-5-19-7-12(14)10-2-3-16-20-15(9-22(16)8-10)21-17(23)11-6-13(11)18/h2-5,7-9,11,13H,6H2,1H3,(H,21,23)/t11-,13+/m1/s1. The van der Waals surface area contributed by atoms with Gasteiger partial charge in [0.05, 0.1) is 19.2 Å². The molecule has 3 aromatic rings. The monoisotopic (exact) mass is 326 g/mol. The van der Waals surface area contributed by atoms with E-state index >= 15 is 0 Å². The molecule has 0 unspecified atom stereocenters. The van der Waals surface area contributed by atoms with Gasteiger partial charge >= 0.3 is 0 Å². The van der Waals surface area contributed by atoms with E-state index in [0.29, 0.717) is 17.9 Å². The first-order chi connectivity index (χ1) is 11.7. The van der Waals surface area contributed by atoms with Gasteiger partial charge < -0.3 is 14.5 Å². The van der Waals surface area contributed by atoms with Gasteiger partial charge in [0, 0.05) is 29.7 Å². The Morgan fingerprint density at radius 3 is 2.96 bits per heavy atom. The van der Waals surface area contributed by atoms with Crippen molar-refractivity contribution in [2.45, 2.75) is 12.6 Å². The van der Waals surface area contributed by atoms with E-state index in [0.717, 1.165) is 16.9 Å². The molecule has 1 N–H and O–H groups in total. The lowest BCUT2D eigenvalue weighted by Crippen LogP contribution is -2.15. The van der Waals surface area contributed by atoms with Gasteiger partial charge in [-0.1, -0.05) is 0 Å². The number of halogens is 1. The first-order valence-corrected chi connectivity index (χ1v) is 7.58. The number of amides is 1. The summed E-state index contributed by atoms with van der Waals surface area (Å²) in [6, 6.07) is 5.54. The van der Waals surface area contributed by atoms with E-state index in [-0.39, 0.29) is 5.91 Å². The molecule has 1 aliphatic rings. The zero-order valence-corrected chi connectivity index (χ0v) is 12.9. The van der Waals surface area contributed by atoms with Gasteiger partial charge in [0.15, 0.2) is 5.82 Å². The van der Waals surface area contributed by atoms with Crippen LogP contribution in [0.1, 0.15) is 6.42 Å². The van der Waals surface area contributed by atoms with E-state index in [2.05, 4.69) is 15.3 Å². The molecule has 7 heteroatoms. The number of alkyl halides is 1. The van der Waals surface area contributed by atoms with Crippen molar-refractivity contribution in [2.75, 3.05) is 12.4 Å². The van der Waals surface area contributed by atoms with Crippen molar-refractivity contribution in [3.63, 3.8) is 0 Å². The molecule has 0 aromatic carbocycles. The number of anilines is 1. The van der Waals surface area contributed by atoms with Crippen molar-refractivity contribution >= 4 is 17.4 Å². The van der Waals surface area contributed by atoms with Gasteiger partial charge in [-0.15, -0.1) is 0 Å². The third kappa shape index (κ3) is 2.58. The van der Waals surface area contributed by atoms with E-state index in [9.17, 15) is 9.18 Å². The molecule has 3 aromatic heterocycles. The van der Waals surface area contributed by atoms with Crippen LogP contribution in [-0.2, 0) is 4.79 Å². The number of rotatable bonds is 4. The molecular weight excluding hydrogens is 311 g/mol. The van der Waals surface area contributed by atoms with Crippen molar-refractivity contribution < 1.29 is 13.9 Å². The van der Waals surface area contributed by atoms with E-state index in [1.54, 1.807) is 36.2 Å². The number of pyridine rings is 2. The predicted molar refractivity (Wildman–Crippen MR) is 86.6 cm³/mol. The summed E-state index contributed by atoms with van der Waals surface area (Å²) in [5, 5.41) is 2.66. The highest BCUT2D eigenvalue weighted by Gasteiger charge is 2.43. The zero-order valence-electron chi connectivity index (χ0n) is 12.9. The van der Waals surface area contributed by atoms with Gasteiger partial charge in [0.25, 0.3) is 0 Å². The van der Waals surface area contributed by atoms with E-state index in [1.165, 1.54) is 0 Å². The molecular formula is C17H15FN4O2. The second-order valence-corrected chi connectivity index (χ2v) is 5.73. The lowest BCUT2D eigenvalue weighted by Gasteiger charge is -2.07. The van der Waals surface area contributed by atoms with Crippen LogP contribution in [0.2, 0.25) is 0 Å². The molecule has 1 amide bonds. The maximum atomic E-state index is 12.9. The Morgan fingerprint density at radius 1 is 1.38 bits per heavy atom. The maximum Gasteiger partial charge on any atom is 0.231 e. The molecule has 1 aliphatic carbocycles. The van der Waals surface area contributed by atoms with Crippen LogP contribution in [0.3, 0.4) is 0 Å². The average molecular weight is 326 g/mol. The second-order valence-electron chi connectivity index (χ2n) is 5.73. The number of imidazole rings is 1. The third-order valence-corrected chi connectivity index (χ3v) is 4.06. The normalized spacial score (nSPS) is 19.2. The predicted octanol–water partition coefficient (Wildman–Crippen LogP) is 2.70. The Hall–Kier alpha value is -2.96. The molecule has 0 saturated heterocycles. The highest BCUT2D eigenvalue weighted by Crippen LogP contribution is 2.34. The number of nitrogens with one attached hydrogen (secondary N) is 1. The zero-order chi connectivity index (χ0) is 16.7. The lowest BCUT2D eigenvalue weighted by molar-refractivity contribution is -0.117. The molecule has 6 nitrogen and oxygen atoms in total. The average Bonchev–Trinajstić information content (AvgIpc) is 3.20. The molecule has 0 spiro atoms. The summed E-state index contributed by atoms with van der Waals surface area (Å²) in [6.45, 7) is 0. The summed E-state index contributed by atoms with van der Waals surface area (Å²) in [5.74, 6) is 0.278. The van der Waals surface area contributed by atoms with Crippen molar-refractivity contribution in [1.82, 2.24) is 14.4 Å². The maximum absolute atomic E-state index is 12.9. The van der Waals surface area contributed by atoms with Crippen LogP contribution in [-0.4, -0.2) is 33.6 Å². The molecule has 2 atom stereocenters. The second kappa shape index (κ2) is 5.59. The molecule has 1 saturated carbocycles. The molecule has 1 fully saturated rings. The fraction of sp³-hybridized carbons (Fsp3) is 0.235. The van der Waals surface area contributed by atoms with Crippen molar-refractivity contribution in [1.29, 1.82) is 0 Å². The van der Waals surface area contributed by atoms with Crippen molar-refractivity contribution in [2.24, 2.45) is 5.92 Å². The van der Waals surface area contributed by atoms with Crippen LogP contribution in [0.5, 0.6) is 5.75 Å². The van der Waals surface area contributed by atoms with Crippen LogP contribution in [0.15, 0.2) is 43.0 Å². The van der Waals surface area contributed by atoms with Crippen molar-refractivity contribution in [3.8, 4) is 16.9 Å². The van der Waals surface area contributed by atoms with Gasteiger partial charge in [-0.25, -0.2) is 9.37 Å². The van der Waals surface area contributed by atoms with Gasteiger partial charge in [-0.2, -0.15) is 0 Å². The molecule has 4 rings (SSSR count). The third-order valence-electron chi connectivity index (χ3n) is 4.06. The fourth-order valence-electron chi connectivity index (χ4n) is 2.64. The lowest BCUT2D eigenvalue weighted by atomic mass is 10.1. The first-order valence-electron chi connectivity index (χ1n) is 7.58. The number of ether oxygens (including phenoxy) is 1. The smallest absolute Gasteiger partial charge is 0.231 e. The Morgan fingerprint density at radius 2 is 2.21 bits per heavy atom. The Kier molecular flexibility index (Phi) is 3.41. The van der Waals surface area contributed by atoms with Gasteiger partial charge in [-0.3, -0.25) is 9.78 Å². The van der Waals surface area contributed by atoms with Crippen molar-refractivity contribution in [3.05, 3.63) is 43.0 Å². The van der Waals surface area contributed by atoms with Gasteiger partial charge in [-0.05, 0) is 24.6 Å². The number of aromatic nitrogens is 3. The Bertz CT molecular complexity index is 924. The summed E-state index contributed by atoms with van der Waals surface area (Å²) < 4.78 is 20.1. The topological polar surface area (TPSA) is 68.5 Å². The summed E-state index contributed by atoms with van der Waals surface area (Å²) in [6.07, 6.45) is 6.26. The number of nitrogens with zero attached hydrogens (tertiary/aromatic N) is 3. The number of methoxy groups -OCH3 is 1. The van der Waals surface area contributed by atoms with Crippen LogP contribution >= 0.6 is 0 Å². The minimum atomic E-state index is -1.02.